The topological polar surface area (TPSA) is 106 Å². The average Bonchev–Trinajstić information content (AvgIpc) is 3.16. The van der Waals surface area contributed by atoms with Crippen molar-refractivity contribution in [3.05, 3.63) is 70.8 Å². The van der Waals surface area contributed by atoms with Gasteiger partial charge in [-0.25, -0.2) is 0 Å². The van der Waals surface area contributed by atoms with E-state index in [2.05, 4.69) is 20.8 Å². The summed E-state index contributed by atoms with van der Waals surface area (Å²) in [6.07, 6.45) is -0.153. The average molecular weight is 401 g/mol. The van der Waals surface area contributed by atoms with Crippen LogP contribution in [0.4, 0.5) is 5.69 Å². The summed E-state index contributed by atoms with van der Waals surface area (Å²) in [6.45, 7) is 0.213. The summed E-state index contributed by atoms with van der Waals surface area (Å²) in [5.41, 5.74) is 1.28. The van der Waals surface area contributed by atoms with Gasteiger partial charge in [0, 0.05) is 11.6 Å². The molecule has 0 fully saturated rings. The van der Waals surface area contributed by atoms with Crippen molar-refractivity contribution in [1.29, 1.82) is 0 Å². The predicted molar refractivity (Wildman–Crippen MR) is 102 cm³/mol. The van der Waals surface area contributed by atoms with Crippen LogP contribution in [0, 0.1) is 0 Å². The van der Waals surface area contributed by atoms with Crippen LogP contribution in [0.15, 0.2) is 53.1 Å². The Balaban J connectivity index is 1.56. The van der Waals surface area contributed by atoms with E-state index >= 15 is 0 Å². The number of para-hydroxylation sites is 2. The lowest BCUT2D eigenvalue weighted by Gasteiger charge is -2.08. The number of anilines is 1. The molecule has 0 aliphatic carbocycles. The van der Waals surface area contributed by atoms with E-state index in [1.54, 1.807) is 42.5 Å². The van der Waals surface area contributed by atoms with Crippen molar-refractivity contribution in [2.75, 3.05) is 12.4 Å². The summed E-state index contributed by atoms with van der Waals surface area (Å²) in [5.74, 6) is -0.525. The first kappa shape index (κ1) is 19.4. The molecule has 0 radical (unpaired) electrons. The van der Waals surface area contributed by atoms with Gasteiger partial charge in [0.25, 0.3) is 0 Å². The number of benzene rings is 2. The molecule has 0 aliphatic rings. The maximum atomic E-state index is 12.2. The summed E-state index contributed by atoms with van der Waals surface area (Å²) in [4.78, 5) is 28.3. The number of nitrogens with zero attached hydrogens (tertiary/aromatic N) is 2. The smallest absolute Gasteiger partial charge is 0.315 e. The first-order chi connectivity index (χ1) is 13.6. The molecule has 1 heterocycles. The monoisotopic (exact) mass is 400 g/mol. The number of halogens is 1. The summed E-state index contributed by atoms with van der Waals surface area (Å²) in [5, 5.41) is 9.55. The third-order valence-electron chi connectivity index (χ3n) is 3.76. The van der Waals surface area contributed by atoms with E-state index in [0.717, 1.165) is 5.56 Å². The van der Waals surface area contributed by atoms with Crippen LogP contribution in [0.5, 0.6) is 5.75 Å². The minimum atomic E-state index is -0.552. The highest BCUT2D eigenvalue weighted by Gasteiger charge is 2.17. The summed E-state index contributed by atoms with van der Waals surface area (Å²) in [6, 6.07) is 14.1. The van der Waals surface area contributed by atoms with Gasteiger partial charge in [-0.1, -0.05) is 47.1 Å². The van der Waals surface area contributed by atoms with Gasteiger partial charge in [0.15, 0.2) is 5.82 Å². The molecule has 3 rings (SSSR count). The van der Waals surface area contributed by atoms with E-state index in [1.807, 2.05) is 6.07 Å². The van der Waals surface area contributed by atoms with E-state index in [4.69, 9.17) is 20.9 Å². The van der Waals surface area contributed by atoms with Crippen LogP contribution in [-0.2, 0) is 17.8 Å². The second-order valence-corrected chi connectivity index (χ2v) is 6.12. The maximum absolute atomic E-state index is 12.2. The fourth-order valence-corrected chi connectivity index (χ4v) is 2.60. The Labute approximate surface area is 165 Å². The molecule has 144 valence electrons. The fraction of sp³-hybridized carbons (Fsp3) is 0.158. The Hall–Kier alpha value is -3.39. The normalized spacial score (nSPS) is 10.4. The molecule has 8 nitrogen and oxygen atoms in total. The number of ether oxygens (including phenoxy) is 1. The maximum Gasteiger partial charge on any atom is 0.315 e. The van der Waals surface area contributed by atoms with Crippen molar-refractivity contribution in [1.82, 2.24) is 15.5 Å². The van der Waals surface area contributed by atoms with Gasteiger partial charge in [-0.05, 0) is 23.8 Å². The van der Waals surface area contributed by atoms with Gasteiger partial charge in [-0.15, -0.1) is 0 Å². The molecule has 1 aromatic heterocycles. The highest BCUT2D eigenvalue weighted by atomic mass is 35.5. The molecule has 0 aliphatic heterocycles. The third kappa shape index (κ3) is 4.86. The van der Waals surface area contributed by atoms with E-state index in [0.29, 0.717) is 16.5 Å². The lowest BCUT2D eigenvalue weighted by molar-refractivity contribution is -0.115. The predicted octanol–water partition coefficient (Wildman–Crippen LogP) is 2.84. The number of hydrogen-bond acceptors (Lipinski definition) is 6. The molecule has 0 spiro atoms. The third-order valence-corrected chi connectivity index (χ3v) is 4.13. The van der Waals surface area contributed by atoms with Gasteiger partial charge in [-0.3, -0.25) is 9.59 Å². The Kier molecular flexibility index (Phi) is 6.23. The SMILES string of the molecule is COc1ccccc1NC(=O)Cc1noc(C(=O)NCc2ccccc2Cl)n1. The number of nitrogens with one attached hydrogen (secondary N) is 2. The van der Waals surface area contributed by atoms with Gasteiger partial charge in [0.2, 0.25) is 5.91 Å². The molecular formula is C19H17ClN4O4. The fourth-order valence-electron chi connectivity index (χ4n) is 2.40. The van der Waals surface area contributed by atoms with Crippen molar-refractivity contribution in [3.63, 3.8) is 0 Å². The zero-order valence-corrected chi connectivity index (χ0v) is 15.7. The van der Waals surface area contributed by atoms with Crippen LogP contribution in [0.2, 0.25) is 5.02 Å². The molecule has 2 N–H and O–H groups in total. The van der Waals surface area contributed by atoms with Gasteiger partial charge < -0.3 is 19.9 Å². The van der Waals surface area contributed by atoms with Crippen LogP contribution in [0.3, 0.4) is 0 Å². The zero-order valence-electron chi connectivity index (χ0n) is 14.9. The summed E-state index contributed by atoms with van der Waals surface area (Å²) >= 11 is 6.05. The molecule has 0 saturated carbocycles. The molecule has 9 heteroatoms. The molecule has 0 saturated heterocycles. The molecule has 3 aromatic rings. The van der Waals surface area contributed by atoms with Crippen molar-refractivity contribution in [3.8, 4) is 5.75 Å². The van der Waals surface area contributed by atoms with E-state index in [9.17, 15) is 9.59 Å². The van der Waals surface area contributed by atoms with Crippen LogP contribution < -0.4 is 15.4 Å². The molecule has 28 heavy (non-hydrogen) atoms. The minimum absolute atomic E-state index is 0.0929. The molecule has 0 bridgehead atoms. The van der Waals surface area contributed by atoms with Crippen LogP contribution in [-0.4, -0.2) is 29.1 Å². The lowest BCUT2D eigenvalue weighted by Crippen LogP contribution is -2.23. The number of carbonyl (C=O) groups excluding carboxylic acids is 2. The Morgan fingerprint density at radius 3 is 2.68 bits per heavy atom. The van der Waals surface area contributed by atoms with E-state index in [-0.39, 0.29) is 30.6 Å². The molecule has 2 amide bonds. The van der Waals surface area contributed by atoms with Crippen molar-refractivity contribution < 1.29 is 18.8 Å². The number of rotatable bonds is 7. The Bertz CT molecular complexity index is 989. The number of amides is 2. The summed E-state index contributed by atoms with van der Waals surface area (Å²) in [7, 11) is 1.51. The van der Waals surface area contributed by atoms with Crippen LogP contribution >= 0.6 is 11.6 Å². The Morgan fingerprint density at radius 1 is 1.14 bits per heavy atom. The van der Waals surface area contributed by atoms with Gasteiger partial charge in [0.1, 0.15) is 5.75 Å². The van der Waals surface area contributed by atoms with Crippen LogP contribution in [0.1, 0.15) is 22.1 Å². The van der Waals surface area contributed by atoms with Gasteiger partial charge in [-0.2, -0.15) is 4.98 Å². The van der Waals surface area contributed by atoms with Gasteiger partial charge in [0.05, 0.1) is 19.2 Å². The number of carbonyl (C=O) groups is 2. The van der Waals surface area contributed by atoms with E-state index < -0.39 is 5.91 Å². The molecule has 0 unspecified atom stereocenters. The number of aromatic nitrogens is 2. The molecular weight excluding hydrogens is 384 g/mol. The highest BCUT2D eigenvalue weighted by molar-refractivity contribution is 6.31. The minimum Gasteiger partial charge on any atom is -0.495 e. The molecule has 2 aromatic carbocycles. The first-order valence-corrected chi connectivity index (χ1v) is 8.71. The summed E-state index contributed by atoms with van der Waals surface area (Å²) < 4.78 is 10.1. The van der Waals surface area contributed by atoms with Crippen molar-refractivity contribution >= 4 is 29.1 Å². The zero-order chi connectivity index (χ0) is 19.9. The second-order valence-electron chi connectivity index (χ2n) is 5.72. The standard InChI is InChI=1S/C19H17ClN4O4/c1-27-15-9-5-4-8-14(15)22-17(25)10-16-23-19(28-24-16)18(26)21-11-12-6-2-3-7-13(12)20/h2-9H,10-11H2,1H3,(H,21,26)(H,22,25). The number of methoxy groups -OCH3 is 1. The molecule has 0 atom stereocenters. The van der Waals surface area contributed by atoms with E-state index in [1.165, 1.54) is 7.11 Å². The quantitative estimate of drug-likeness (QED) is 0.631. The van der Waals surface area contributed by atoms with Crippen molar-refractivity contribution in [2.45, 2.75) is 13.0 Å². The van der Waals surface area contributed by atoms with Crippen molar-refractivity contribution in [2.24, 2.45) is 0 Å². The largest absolute Gasteiger partial charge is 0.495 e. The van der Waals surface area contributed by atoms with Crippen LogP contribution in [0.25, 0.3) is 0 Å². The number of hydrogen-bond donors (Lipinski definition) is 2. The second kappa shape index (κ2) is 9.01. The Morgan fingerprint density at radius 2 is 1.89 bits per heavy atom. The lowest BCUT2D eigenvalue weighted by atomic mass is 10.2. The highest BCUT2D eigenvalue weighted by Crippen LogP contribution is 2.23. The van der Waals surface area contributed by atoms with Gasteiger partial charge >= 0.3 is 11.8 Å². The first-order valence-electron chi connectivity index (χ1n) is 8.34.